The molecule has 0 aromatic heterocycles. The van der Waals surface area contributed by atoms with Crippen molar-refractivity contribution in [3.63, 3.8) is 0 Å². The molecule has 1 aromatic rings. The van der Waals surface area contributed by atoms with Crippen molar-refractivity contribution in [1.82, 2.24) is 16.0 Å². The second-order valence-corrected chi connectivity index (χ2v) is 6.49. The van der Waals surface area contributed by atoms with E-state index in [4.69, 9.17) is 0 Å². The van der Waals surface area contributed by atoms with Gasteiger partial charge < -0.3 is 16.0 Å². The number of amides is 3. The Morgan fingerprint density at radius 1 is 0.870 bits per heavy atom. The number of nitrogens with one attached hydrogen (secondary N) is 3. The van der Waals surface area contributed by atoms with E-state index < -0.39 is 0 Å². The van der Waals surface area contributed by atoms with Crippen molar-refractivity contribution < 1.29 is 14.4 Å². The third-order valence-corrected chi connectivity index (χ3v) is 2.91. The highest BCUT2D eigenvalue weighted by Gasteiger charge is 2.15. The Bertz CT molecular complexity index is 536. The second kappa shape index (κ2) is 8.92. The van der Waals surface area contributed by atoms with Gasteiger partial charge in [0.25, 0.3) is 5.91 Å². The molecule has 0 aliphatic carbocycles. The summed E-state index contributed by atoms with van der Waals surface area (Å²) in [5, 5.41) is 7.92. The third-order valence-electron chi connectivity index (χ3n) is 2.91. The lowest BCUT2D eigenvalue weighted by atomic mass is 9.92. The van der Waals surface area contributed by atoms with Crippen LogP contribution in [0.25, 0.3) is 0 Å². The average Bonchev–Trinajstić information content (AvgIpc) is 2.48. The van der Waals surface area contributed by atoms with Crippen LogP contribution in [-0.4, -0.2) is 37.4 Å². The SMILES string of the molecule is CC(C)(C)CC(=O)NCCNC(=O)CNC(=O)c1ccccc1. The standard InChI is InChI=1S/C17H25N3O3/c1-17(2,3)11-14(21)18-9-10-19-15(22)12-20-16(23)13-7-5-4-6-8-13/h4-8H,9-12H2,1-3H3,(H,18,21)(H,19,22)(H,20,23). The molecular weight excluding hydrogens is 294 g/mol. The number of carbonyl (C=O) groups excluding carboxylic acids is 3. The number of rotatable bonds is 7. The summed E-state index contributed by atoms with van der Waals surface area (Å²) < 4.78 is 0. The van der Waals surface area contributed by atoms with Crippen LogP contribution in [0, 0.1) is 5.41 Å². The number of benzene rings is 1. The molecule has 3 N–H and O–H groups in total. The van der Waals surface area contributed by atoms with E-state index in [-0.39, 0.29) is 29.7 Å². The Labute approximate surface area is 137 Å². The van der Waals surface area contributed by atoms with Gasteiger partial charge >= 0.3 is 0 Å². The van der Waals surface area contributed by atoms with E-state index >= 15 is 0 Å². The van der Waals surface area contributed by atoms with Crippen molar-refractivity contribution in [2.75, 3.05) is 19.6 Å². The molecule has 3 amide bonds. The third kappa shape index (κ3) is 8.60. The molecule has 0 saturated heterocycles. The molecule has 1 rings (SSSR count). The average molecular weight is 319 g/mol. The van der Waals surface area contributed by atoms with Crippen LogP contribution >= 0.6 is 0 Å². The summed E-state index contributed by atoms with van der Waals surface area (Å²) in [4.78, 5) is 35.0. The molecular formula is C17H25N3O3. The first kappa shape index (κ1) is 18.7. The lowest BCUT2D eigenvalue weighted by molar-refractivity contribution is -0.123. The van der Waals surface area contributed by atoms with E-state index in [9.17, 15) is 14.4 Å². The summed E-state index contributed by atoms with van der Waals surface area (Å²) in [6, 6.07) is 8.69. The van der Waals surface area contributed by atoms with E-state index in [0.29, 0.717) is 25.1 Å². The van der Waals surface area contributed by atoms with Crippen LogP contribution in [-0.2, 0) is 9.59 Å². The predicted molar refractivity (Wildman–Crippen MR) is 88.9 cm³/mol. The minimum Gasteiger partial charge on any atom is -0.354 e. The molecule has 1 aromatic carbocycles. The molecule has 126 valence electrons. The van der Waals surface area contributed by atoms with Gasteiger partial charge in [-0.15, -0.1) is 0 Å². The molecule has 0 saturated carbocycles. The van der Waals surface area contributed by atoms with Crippen molar-refractivity contribution in [1.29, 1.82) is 0 Å². The first-order valence-electron chi connectivity index (χ1n) is 7.64. The Balaban J connectivity index is 2.15. The van der Waals surface area contributed by atoms with Crippen molar-refractivity contribution in [2.24, 2.45) is 5.41 Å². The van der Waals surface area contributed by atoms with Gasteiger partial charge in [-0.3, -0.25) is 14.4 Å². The zero-order valence-electron chi connectivity index (χ0n) is 13.9. The highest BCUT2D eigenvalue weighted by atomic mass is 16.2. The fourth-order valence-corrected chi connectivity index (χ4v) is 1.86. The highest BCUT2D eigenvalue weighted by molar-refractivity contribution is 5.96. The molecule has 0 spiro atoms. The van der Waals surface area contributed by atoms with Gasteiger partial charge in [-0.2, -0.15) is 0 Å². The number of hydrogen-bond donors (Lipinski definition) is 3. The predicted octanol–water partition coefficient (Wildman–Crippen LogP) is 1.09. The van der Waals surface area contributed by atoms with Crippen LogP contribution in [0.5, 0.6) is 0 Å². The van der Waals surface area contributed by atoms with Gasteiger partial charge in [0.05, 0.1) is 6.54 Å². The number of carbonyl (C=O) groups is 3. The van der Waals surface area contributed by atoms with Gasteiger partial charge in [0.1, 0.15) is 0 Å². The summed E-state index contributed by atoms with van der Waals surface area (Å²) in [6.45, 7) is 6.57. The molecule has 0 fully saturated rings. The molecule has 0 bridgehead atoms. The summed E-state index contributed by atoms with van der Waals surface area (Å²) in [5.41, 5.74) is 0.449. The normalized spacial score (nSPS) is 10.7. The van der Waals surface area contributed by atoms with Gasteiger partial charge in [0, 0.05) is 25.1 Å². The maximum Gasteiger partial charge on any atom is 0.251 e. The molecule has 0 radical (unpaired) electrons. The quantitative estimate of drug-likeness (QED) is 0.657. The molecule has 6 heteroatoms. The van der Waals surface area contributed by atoms with Gasteiger partial charge in [0.15, 0.2) is 0 Å². The van der Waals surface area contributed by atoms with Crippen LogP contribution < -0.4 is 16.0 Å². The van der Waals surface area contributed by atoms with Crippen molar-refractivity contribution >= 4 is 17.7 Å². The van der Waals surface area contributed by atoms with E-state index in [0.717, 1.165) is 0 Å². The zero-order valence-corrected chi connectivity index (χ0v) is 13.9. The number of hydrogen-bond acceptors (Lipinski definition) is 3. The summed E-state index contributed by atoms with van der Waals surface area (Å²) >= 11 is 0. The summed E-state index contributed by atoms with van der Waals surface area (Å²) in [6.07, 6.45) is 0.439. The smallest absolute Gasteiger partial charge is 0.251 e. The maximum atomic E-state index is 11.8. The van der Waals surface area contributed by atoms with Gasteiger partial charge in [-0.1, -0.05) is 39.0 Å². The van der Waals surface area contributed by atoms with Crippen molar-refractivity contribution in [3.05, 3.63) is 35.9 Å². The Morgan fingerprint density at radius 3 is 2.00 bits per heavy atom. The minimum atomic E-state index is -0.292. The van der Waals surface area contributed by atoms with E-state index in [1.807, 2.05) is 26.8 Å². The lowest BCUT2D eigenvalue weighted by Gasteiger charge is -2.17. The molecule has 0 heterocycles. The molecule has 0 unspecified atom stereocenters. The van der Waals surface area contributed by atoms with Crippen LogP contribution in [0.4, 0.5) is 0 Å². The van der Waals surface area contributed by atoms with Crippen molar-refractivity contribution in [2.45, 2.75) is 27.2 Å². The van der Waals surface area contributed by atoms with E-state index in [2.05, 4.69) is 16.0 Å². The van der Waals surface area contributed by atoms with Crippen LogP contribution in [0.1, 0.15) is 37.6 Å². The fourth-order valence-electron chi connectivity index (χ4n) is 1.86. The maximum absolute atomic E-state index is 11.8. The van der Waals surface area contributed by atoms with Crippen LogP contribution in [0.2, 0.25) is 0 Å². The van der Waals surface area contributed by atoms with E-state index in [1.54, 1.807) is 24.3 Å². The Hall–Kier alpha value is -2.37. The first-order valence-corrected chi connectivity index (χ1v) is 7.64. The van der Waals surface area contributed by atoms with E-state index in [1.165, 1.54) is 0 Å². The highest BCUT2D eigenvalue weighted by Crippen LogP contribution is 2.17. The monoisotopic (exact) mass is 319 g/mol. The van der Waals surface area contributed by atoms with Crippen LogP contribution in [0.15, 0.2) is 30.3 Å². The zero-order chi connectivity index (χ0) is 17.3. The molecule has 0 aliphatic heterocycles. The second-order valence-electron chi connectivity index (χ2n) is 6.49. The Kier molecular flexibility index (Phi) is 7.25. The summed E-state index contributed by atoms with van der Waals surface area (Å²) in [7, 11) is 0. The Morgan fingerprint density at radius 2 is 1.43 bits per heavy atom. The molecule has 23 heavy (non-hydrogen) atoms. The summed E-state index contributed by atoms with van der Waals surface area (Å²) in [5.74, 6) is -0.622. The van der Waals surface area contributed by atoms with Gasteiger partial charge in [0.2, 0.25) is 11.8 Å². The van der Waals surface area contributed by atoms with Crippen LogP contribution in [0.3, 0.4) is 0 Å². The molecule has 0 atom stereocenters. The molecule has 6 nitrogen and oxygen atoms in total. The first-order chi connectivity index (χ1) is 10.8. The van der Waals surface area contributed by atoms with Gasteiger partial charge in [-0.25, -0.2) is 0 Å². The topological polar surface area (TPSA) is 87.3 Å². The van der Waals surface area contributed by atoms with Gasteiger partial charge in [-0.05, 0) is 17.5 Å². The minimum absolute atomic E-state index is 0.0378. The fraction of sp³-hybridized carbons (Fsp3) is 0.471. The lowest BCUT2D eigenvalue weighted by Crippen LogP contribution is -2.40. The molecule has 0 aliphatic rings. The largest absolute Gasteiger partial charge is 0.354 e. The van der Waals surface area contributed by atoms with Crippen molar-refractivity contribution in [3.8, 4) is 0 Å².